The van der Waals surface area contributed by atoms with Crippen molar-refractivity contribution in [3.63, 3.8) is 0 Å². The van der Waals surface area contributed by atoms with E-state index in [1.54, 1.807) is 19.1 Å². The second kappa shape index (κ2) is 5.92. The summed E-state index contributed by atoms with van der Waals surface area (Å²) in [5.41, 5.74) is 2.00. The van der Waals surface area contributed by atoms with Crippen LogP contribution in [0.5, 0.6) is 0 Å². The summed E-state index contributed by atoms with van der Waals surface area (Å²) in [7, 11) is 0. The lowest BCUT2D eigenvalue weighted by atomic mass is 9.95. The van der Waals surface area contributed by atoms with Crippen LogP contribution in [-0.2, 0) is 17.4 Å². The Kier molecular flexibility index (Phi) is 3.84. The van der Waals surface area contributed by atoms with Crippen LogP contribution in [-0.4, -0.2) is 24.2 Å². The van der Waals surface area contributed by atoms with Crippen molar-refractivity contribution >= 4 is 6.03 Å². The fraction of sp³-hybridized carbons (Fsp3) is 0.450. The molecule has 1 fully saturated rings. The number of carbonyl (C=O) groups is 1. The summed E-state index contributed by atoms with van der Waals surface area (Å²) in [4.78, 5) is 12.1. The predicted molar refractivity (Wildman–Crippen MR) is 94.2 cm³/mol. The van der Waals surface area contributed by atoms with Crippen molar-refractivity contribution in [1.82, 2.24) is 10.6 Å². The molecule has 5 nitrogen and oxygen atoms in total. The fourth-order valence-corrected chi connectivity index (χ4v) is 4.20. The lowest BCUT2D eigenvalue weighted by Gasteiger charge is -2.21. The molecule has 132 valence electrons. The van der Waals surface area contributed by atoms with E-state index in [0.717, 1.165) is 12.8 Å². The smallest absolute Gasteiger partial charge is 0.314 e. The van der Waals surface area contributed by atoms with Crippen LogP contribution in [0.1, 0.15) is 36.7 Å². The van der Waals surface area contributed by atoms with Crippen molar-refractivity contribution in [2.75, 3.05) is 13.1 Å². The van der Waals surface area contributed by atoms with Crippen LogP contribution in [0.3, 0.4) is 0 Å². The van der Waals surface area contributed by atoms with E-state index in [0.29, 0.717) is 18.2 Å². The van der Waals surface area contributed by atoms with E-state index in [1.165, 1.54) is 23.8 Å². The van der Waals surface area contributed by atoms with Crippen LogP contribution >= 0.6 is 0 Å². The molecule has 3 atom stereocenters. The van der Waals surface area contributed by atoms with Gasteiger partial charge in [0.25, 0.3) is 0 Å². The van der Waals surface area contributed by atoms with Crippen LogP contribution in [0.2, 0.25) is 0 Å². The molecule has 5 heteroatoms. The maximum absolute atomic E-state index is 12.1. The number of aryl methyl sites for hydroxylation is 1. The molecule has 1 saturated carbocycles. The summed E-state index contributed by atoms with van der Waals surface area (Å²) in [6.45, 7) is 2.39. The number of hydrogen-bond acceptors (Lipinski definition) is 3. The number of furan rings is 1. The highest BCUT2D eigenvalue weighted by molar-refractivity contribution is 5.74. The summed E-state index contributed by atoms with van der Waals surface area (Å²) >= 11 is 0. The van der Waals surface area contributed by atoms with Gasteiger partial charge in [-0.05, 0) is 55.4 Å². The van der Waals surface area contributed by atoms with Crippen molar-refractivity contribution in [1.29, 1.82) is 0 Å². The summed E-state index contributed by atoms with van der Waals surface area (Å²) in [6, 6.07) is 11.8. The van der Waals surface area contributed by atoms with Gasteiger partial charge in [-0.1, -0.05) is 24.3 Å². The normalized spacial score (nSPS) is 26.1. The third-order valence-corrected chi connectivity index (χ3v) is 5.78. The van der Waals surface area contributed by atoms with Crippen LogP contribution in [0.4, 0.5) is 4.79 Å². The Hall–Kier alpha value is -2.27. The number of hydrogen-bond donors (Lipinski definition) is 3. The molecule has 1 heterocycles. The van der Waals surface area contributed by atoms with Crippen molar-refractivity contribution in [3.05, 3.63) is 59.5 Å². The maximum Gasteiger partial charge on any atom is 0.314 e. The minimum atomic E-state index is -1.22. The van der Waals surface area contributed by atoms with Gasteiger partial charge in [0.1, 0.15) is 11.4 Å². The Labute approximate surface area is 147 Å². The molecule has 0 aliphatic heterocycles. The van der Waals surface area contributed by atoms with Crippen molar-refractivity contribution in [2.45, 2.75) is 37.2 Å². The summed E-state index contributed by atoms with van der Waals surface area (Å²) in [6.07, 6.45) is 4.99. The van der Waals surface area contributed by atoms with Crippen LogP contribution in [0.15, 0.2) is 47.1 Å². The van der Waals surface area contributed by atoms with E-state index >= 15 is 0 Å². The lowest BCUT2D eigenvalue weighted by Crippen LogP contribution is -2.44. The molecule has 3 unspecified atom stereocenters. The van der Waals surface area contributed by atoms with Gasteiger partial charge in [-0.2, -0.15) is 0 Å². The molecular formula is C20H24N2O3. The molecule has 1 aromatic heterocycles. The Morgan fingerprint density at radius 3 is 2.96 bits per heavy atom. The van der Waals surface area contributed by atoms with E-state index in [-0.39, 0.29) is 18.0 Å². The van der Waals surface area contributed by atoms with Gasteiger partial charge in [0.2, 0.25) is 0 Å². The Morgan fingerprint density at radius 1 is 1.32 bits per heavy atom. The molecule has 2 aliphatic carbocycles. The largest absolute Gasteiger partial charge is 0.466 e. The first-order chi connectivity index (χ1) is 12.0. The minimum absolute atomic E-state index is 0.102. The van der Waals surface area contributed by atoms with Crippen LogP contribution in [0, 0.1) is 5.92 Å². The van der Waals surface area contributed by atoms with Gasteiger partial charge in [0.05, 0.1) is 12.8 Å². The molecule has 2 aromatic rings. The molecule has 0 bridgehead atoms. The molecule has 4 rings (SSSR count). The van der Waals surface area contributed by atoms with E-state index < -0.39 is 5.60 Å². The molecule has 1 aromatic carbocycles. The highest BCUT2D eigenvalue weighted by Gasteiger charge is 2.57. The maximum atomic E-state index is 12.1. The first kappa shape index (κ1) is 16.2. The van der Waals surface area contributed by atoms with Gasteiger partial charge in [-0.15, -0.1) is 0 Å². The van der Waals surface area contributed by atoms with E-state index in [2.05, 4.69) is 34.9 Å². The van der Waals surface area contributed by atoms with Gasteiger partial charge >= 0.3 is 6.03 Å². The Bertz CT molecular complexity index is 769. The summed E-state index contributed by atoms with van der Waals surface area (Å²) in [5.74, 6) is 0.948. The zero-order valence-electron chi connectivity index (χ0n) is 14.4. The third-order valence-electron chi connectivity index (χ3n) is 5.78. The van der Waals surface area contributed by atoms with E-state index in [9.17, 15) is 9.90 Å². The van der Waals surface area contributed by atoms with Crippen molar-refractivity contribution in [2.24, 2.45) is 5.92 Å². The fourth-order valence-electron chi connectivity index (χ4n) is 4.20. The zero-order chi connectivity index (χ0) is 17.5. The molecule has 2 aliphatic rings. The average Bonchev–Trinajstić information content (AvgIpc) is 2.96. The third kappa shape index (κ3) is 2.93. The molecular weight excluding hydrogens is 316 g/mol. The van der Waals surface area contributed by atoms with Crippen LogP contribution in [0.25, 0.3) is 0 Å². The molecule has 0 saturated heterocycles. The highest BCUT2D eigenvalue weighted by Crippen LogP contribution is 2.61. The number of amides is 2. The highest BCUT2D eigenvalue weighted by atomic mass is 16.4. The summed E-state index contributed by atoms with van der Waals surface area (Å²) in [5, 5.41) is 16.0. The number of nitrogens with one attached hydrogen (secondary N) is 2. The second-order valence-electron chi connectivity index (χ2n) is 7.53. The van der Waals surface area contributed by atoms with Gasteiger partial charge in [-0.25, -0.2) is 4.79 Å². The van der Waals surface area contributed by atoms with Gasteiger partial charge in [0.15, 0.2) is 0 Å². The molecule has 25 heavy (non-hydrogen) atoms. The van der Waals surface area contributed by atoms with Crippen LogP contribution < -0.4 is 10.6 Å². The topological polar surface area (TPSA) is 74.5 Å². The number of carbonyl (C=O) groups excluding carboxylic acids is 1. The quantitative estimate of drug-likeness (QED) is 0.783. The Morgan fingerprint density at radius 2 is 2.16 bits per heavy atom. The number of urea groups is 1. The van der Waals surface area contributed by atoms with Gasteiger partial charge < -0.3 is 20.2 Å². The monoisotopic (exact) mass is 340 g/mol. The SMILES string of the molecule is CC(O)(CNC(=O)NCC1CC12CCc1ccccc12)c1ccco1. The Balaban J connectivity index is 1.27. The van der Waals surface area contributed by atoms with Gasteiger partial charge in [0, 0.05) is 12.0 Å². The molecule has 3 N–H and O–H groups in total. The lowest BCUT2D eigenvalue weighted by molar-refractivity contribution is 0.0367. The number of fused-ring (bicyclic) bond motifs is 2. The van der Waals surface area contributed by atoms with E-state index in [1.807, 2.05) is 0 Å². The van der Waals surface area contributed by atoms with Gasteiger partial charge in [-0.3, -0.25) is 0 Å². The standard InChI is InChI=1S/C20H24N2O3/c1-19(24,17-7-4-10-25-17)13-22-18(23)21-12-15-11-20(15)9-8-14-5-2-3-6-16(14)20/h2-7,10,15,24H,8-9,11-13H2,1H3,(H2,21,22,23). The second-order valence-corrected chi connectivity index (χ2v) is 7.53. The number of aliphatic hydroxyl groups is 1. The number of benzene rings is 1. The predicted octanol–water partition coefficient (Wildman–Crippen LogP) is 2.69. The zero-order valence-corrected chi connectivity index (χ0v) is 14.4. The number of rotatable bonds is 5. The first-order valence-corrected chi connectivity index (χ1v) is 8.88. The van der Waals surface area contributed by atoms with Crippen molar-refractivity contribution < 1.29 is 14.3 Å². The first-order valence-electron chi connectivity index (χ1n) is 8.88. The molecule has 2 amide bonds. The van der Waals surface area contributed by atoms with E-state index in [4.69, 9.17) is 4.42 Å². The summed E-state index contributed by atoms with van der Waals surface area (Å²) < 4.78 is 5.21. The van der Waals surface area contributed by atoms with Crippen molar-refractivity contribution in [3.8, 4) is 0 Å². The molecule has 1 spiro atoms. The molecule has 0 radical (unpaired) electrons. The minimum Gasteiger partial charge on any atom is -0.466 e. The average molecular weight is 340 g/mol.